The molecule has 6 atom stereocenters. The standard InChI is InChI=1S/C40H58N6O2/c1-43(2)35-17-13-33(14-18-35)41-39(47)45(37-23-29-9-11-31(37)21-29)25-27-5-7-28(8-6-27)26-46(38-24-30-10-12-32(38)22-30)40(48)42-34-15-19-36(20-16-34)44(3)4/h13-20,27-32,37-38H,5-12,21-26H2,1-4H3,(H,41,47)(H,42,48)/t27-,28+,29?,30?,31?,32?,37?,38?. The van der Waals surface area contributed by atoms with E-state index in [1.165, 1.54) is 51.4 Å². The first-order chi connectivity index (χ1) is 23.2. The van der Waals surface area contributed by atoms with Crippen LogP contribution in [-0.4, -0.2) is 75.2 Å². The van der Waals surface area contributed by atoms with Gasteiger partial charge in [-0.2, -0.15) is 0 Å². The molecule has 48 heavy (non-hydrogen) atoms. The minimum absolute atomic E-state index is 0.0741. The highest BCUT2D eigenvalue weighted by atomic mass is 16.2. The van der Waals surface area contributed by atoms with Crippen molar-refractivity contribution >= 4 is 34.8 Å². The molecule has 2 N–H and O–H groups in total. The highest BCUT2D eigenvalue weighted by Crippen LogP contribution is 2.49. The van der Waals surface area contributed by atoms with Crippen molar-refractivity contribution in [1.82, 2.24) is 9.80 Å². The number of amides is 4. The van der Waals surface area contributed by atoms with Crippen molar-refractivity contribution in [3.8, 4) is 0 Å². The Bertz CT molecular complexity index is 1290. The largest absolute Gasteiger partial charge is 0.378 e. The van der Waals surface area contributed by atoms with Crippen molar-refractivity contribution in [2.75, 3.05) is 61.7 Å². The summed E-state index contributed by atoms with van der Waals surface area (Å²) in [6.45, 7) is 1.70. The molecule has 0 spiro atoms. The third-order valence-corrected chi connectivity index (χ3v) is 12.9. The van der Waals surface area contributed by atoms with Gasteiger partial charge in [-0.1, -0.05) is 12.8 Å². The van der Waals surface area contributed by atoms with E-state index in [0.29, 0.717) is 35.8 Å². The van der Waals surface area contributed by atoms with Crippen molar-refractivity contribution in [1.29, 1.82) is 0 Å². The van der Waals surface area contributed by atoms with E-state index in [4.69, 9.17) is 0 Å². The Morgan fingerprint density at radius 2 is 0.917 bits per heavy atom. The topological polar surface area (TPSA) is 71.2 Å². The summed E-state index contributed by atoms with van der Waals surface area (Å²) >= 11 is 0. The van der Waals surface area contributed by atoms with Gasteiger partial charge in [0.25, 0.3) is 0 Å². The third-order valence-electron chi connectivity index (χ3n) is 12.9. The zero-order valence-electron chi connectivity index (χ0n) is 29.7. The molecule has 0 radical (unpaired) electrons. The number of hydrogen-bond acceptors (Lipinski definition) is 4. The normalized spacial score (nSPS) is 30.2. The van der Waals surface area contributed by atoms with E-state index >= 15 is 0 Å². The fourth-order valence-electron chi connectivity index (χ4n) is 10.2. The maximum atomic E-state index is 13.9. The molecule has 0 aliphatic heterocycles. The van der Waals surface area contributed by atoms with Gasteiger partial charge in [0.05, 0.1) is 0 Å². The molecular weight excluding hydrogens is 596 g/mol. The van der Waals surface area contributed by atoms with Crippen LogP contribution in [0.1, 0.15) is 77.0 Å². The Morgan fingerprint density at radius 3 is 1.21 bits per heavy atom. The van der Waals surface area contributed by atoms with E-state index in [2.05, 4.69) is 54.5 Å². The van der Waals surface area contributed by atoms with Crippen LogP contribution in [0.5, 0.6) is 0 Å². The van der Waals surface area contributed by atoms with Crippen LogP contribution in [-0.2, 0) is 0 Å². The Kier molecular flexibility index (Phi) is 9.79. The number of benzene rings is 2. The zero-order valence-corrected chi connectivity index (χ0v) is 29.7. The van der Waals surface area contributed by atoms with Crippen LogP contribution in [0.4, 0.5) is 32.3 Å². The molecule has 8 nitrogen and oxygen atoms in total. The Morgan fingerprint density at radius 1 is 0.542 bits per heavy atom. The van der Waals surface area contributed by atoms with Crippen LogP contribution in [0.25, 0.3) is 0 Å². The first-order valence-corrected chi connectivity index (χ1v) is 18.9. The summed E-state index contributed by atoms with van der Waals surface area (Å²) in [5.41, 5.74) is 4.00. The Balaban J connectivity index is 0.983. The SMILES string of the molecule is CN(C)c1ccc(NC(=O)N(C[C@H]2CC[C@@H](CN(C(=O)Nc3ccc(N(C)C)cc3)C3CC4CCC3C4)CC2)C2CC3CCC2C3)cc1. The molecule has 4 bridgehead atoms. The highest BCUT2D eigenvalue weighted by molar-refractivity contribution is 5.90. The van der Waals surface area contributed by atoms with Crippen LogP contribution in [0.15, 0.2) is 48.5 Å². The van der Waals surface area contributed by atoms with Crippen molar-refractivity contribution in [3.63, 3.8) is 0 Å². The zero-order chi connectivity index (χ0) is 33.4. The summed E-state index contributed by atoms with van der Waals surface area (Å²) in [6.07, 6.45) is 14.6. The van der Waals surface area contributed by atoms with E-state index in [1.807, 2.05) is 52.5 Å². The molecule has 5 aliphatic rings. The minimum Gasteiger partial charge on any atom is -0.378 e. The number of nitrogens with zero attached hydrogens (tertiary/aromatic N) is 4. The maximum Gasteiger partial charge on any atom is 0.322 e. The molecule has 5 aliphatic carbocycles. The van der Waals surface area contributed by atoms with Gasteiger partial charge in [-0.3, -0.25) is 0 Å². The minimum atomic E-state index is 0.0741. The molecule has 0 saturated heterocycles. The van der Waals surface area contributed by atoms with Gasteiger partial charge in [-0.05, 0) is 148 Å². The average molecular weight is 655 g/mol. The number of carbonyl (C=O) groups is 2. The van der Waals surface area contributed by atoms with Gasteiger partial charge in [0.2, 0.25) is 0 Å². The molecule has 8 heteroatoms. The lowest BCUT2D eigenvalue weighted by atomic mass is 9.80. The number of hydrogen-bond donors (Lipinski definition) is 2. The smallest absolute Gasteiger partial charge is 0.322 e. The molecule has 5 fully saturated rings. The molecule has 0 heterocycles. The highest BCUT2D eigenvalue weighted by Gasteiger charge is 2.46. The van der Waals surface area contributed by atoms with Gasteiger partial charge in [-0.15, -0.1) is 0 Å². The monoisotopic (exact) mass is 654 g/mol. The van der Waals surface area contributed by atoms with E-state index in [1.54, 1.807) is 0 Å². The first-order valence-electron chi connectivity index (χ1n) is 18.9. The summed E-state index contributed by atoms with van der Waals surface area (Å²) in [5, 5.41) is 6.54. The summed E-state index contributed by atoms with van der Waals surface area (Å²) in [4.78, 5) is 36.5. The van der Waals surface area contributed by atoms with Crippen LogP contribution >= 0.6 is 0 Å². The Labute approximate surface area is 288 Å². The summed E-state index contributed by atoms with van der Waals surface area (Å²) in [6, 6.07) is 17.2. The fourth-order valence-corrected chi connectivity index (χ4v) is 10.2. The van der Waals surface area contributed by atoms with Crippen molar-refractivity contribution in [3.05, 3.63) is 48.5 Å². The van der Waals surface area contributed by atoms with E-state index in [9.17, 15) is 9.59 Å². The molecule has 260 valence electrons. The molecule has 7 rings (SSSR count). The number of urea groups is 2. The number of carbonyl (C=O) groups excluding carboxylic acids is 2. The van der Waals surface area contributed by atoms with Crippen LogP contribution < -0.4 is 20.4 Å². The molecule has 5 saturated carbocycles. The lowest BCUT2D eigenvalue weighted by Crippen LogP contribution is -2.49. The lowest BCUT2D eigenvalue weighted by Gasteiger charge is -2.41. The van der Waals surface area contributed by atoms with Gasteiger partial charge in [-0.25, -0.2) is 9.59 Å². The predicted octanol–water partition coefficient (Wildman–Crippen LogP) is 8.37. The van der Waals surface area contributed by atoms with Crippen LogP contribution in [0.2, 0.25) is 0 Å². The van der Waals surface area contributed by atoms with E-state index in [0.717, 1.165) is 73.4 Å². The lowest BCUT2D eigenvalue weighted by molar-refractivity contribution is 0.110. The molecule has 6 unspecified atom stereocenters. The van der Waals surface area contributed by atoms with Gasteiger partial charge >= 0.3 is 12.1 Å². The van der Waals surface area contributed by atoms with Crippen LogP contribution in [0.3, 0.4) is 0 Å². The summed E-state index contributed by atoms with van der Waals surface area (Å²) in [7, 11) is 8.15. The van der Waals surface area contributed by atoms with Crippen molar-refractivity contribution in [2.24, 2.45) is 35.5 Å². The molecular formula is C40H58N6O2. The van der Waals surface area contributed by atoms with Gasteiger partial charge in [0.1, 0.15) is 0 Å². The fraction of sp³-hybridized carbons (Fsp3) is 0.650. The molecule has 2 aromatic carbocycles. The van der Waals surface area contributed by atoms with Gasteiger partial charge < -0.3 is 30.2 Å². The predicted molar refractivity (Wildman–Crippen MR) is 197 cm³/mol. The van der Waals surface area contributed by atoms with Gasteiger partial charge in [0, 0.05) is 76.1 Å². The van der Waals surface area contributed by atoms with Gasteiger partial charge in [0.15, 0.2) is 0 Å². The second-order valence-corrected chi connectivity index (χ2v) is 16.4. The maximum absolute atomic E-state index is 13.9. The van der Waals surface area contributed by atoms with Crippen LogP contribution in [0, 0.1) is 35.5 Å². The number of fused-ring (bicyclic) bond motifs is 4. The van der Waals surface area contributed by atoms with Crippen molar-refractivity contribution in [2.45, 2.75) is 89.1 Å². The molecule has 4 amide bonds. The summed E-state index contributed by atoms with van der Waals surface area (Å²) < 4.78 is 0. The van der Waals surface area contributed by atoms with E-state index < -0.39 is 0 Å². The number of rotatable bonds is 10. The second kappa shape index (κ2) is 14.2. The first kappa shape index (κ1) is 33.1. The third kappa shape index (κ3) is 7.28. The quantitative estimate of drug-likeness (QED) is 0.270. The summed E-state index contributed by atoms with van der Waals surface area (Å²) in [5.74, 6) is 3.92. The number of anilines is 4. The average Bonchev–Trinajstić information content (AvgIpc) is 3.91. The second-order valence-electron chi connectivity index (χ2n) is 16.4. The Hall–Kier alpha value is -3.42. The van der Waals surface area contributed by atoms with E-state index in [-0.39, 0.29) is 12.1 Å². The van der Waals surface area contributed by atoms with Crippen molar-refractivity contribution < 1.29 is 9.59 Å². The molecule has 0 aromatic heterocycles. The number of nitrogens with one attached hydrogen (secondary N) is 2. The molecule has 2 aromatic rings.